The Labute approximate surface area is 116 Å². The smallest absolute Gasteiger partial charge is 0.175 e. The first-order chi connectivity index (χ1) is 8.58. The van der Waals surface area contributed by atoms with Gasteiger partial charge in [-0.05, 0) is 47.1 Å². The first-order valence-corrected chi connectivity index (χ1v) is 6.75. The van der Waals surface area contributed by atoms with Crippen molar-refractivity contribution in [1.29, 1.82) is 0 Å². The topological polar surface area (TPSA) is 50.7 Å². The second-order valence-electron chi connectivity index (χ2n) is 4.05. The van der Waals surface area contributed by atoms with Crippen LogP contribution in [-0.4, -0.2) is 31.5 Å². The van der Waals surface area contributed by atoms with Crippen LogP contribution in [0.1, 0.15) is 19.4 Å². The van der Waals surface area contributed by atoms with Crippen LogP contribution < -0.4 is 14.8 Å². The highest BCUT2D eigenvalue weighted by Crippen LogP contribution is 2.36. The Hall–Kier alpha value is -0.780. The van der Waals surface area contributed by atoms with Gasteiger partial charge in [0.1, 0.15) is 6.61 Å². The molecule has 0 aromatic heterocycles. The Bertz CT molecular complexity index is 383. The third kappa shape index (κ3) is 4.48. The highest BCUT2D eigenvalue weighted by Gasteiger charge is 2.12. The number of aliphatic hydroxyl groups is 1. The molecule has 0 saturated heterocycles. The number of nitrogens with one attached hydrogen (secondary N) is 1. The van der Waals surface area contributed by atoms with Gasteiger partial charge in [0.15, 0.2) is 11.5 Å². The monoisotopic (exact) mass is 317 g/mol. The van der Waals surface area contributed by atoms with Gasteiger partial charge in [0.25, 0.3) is 0 Å². The first-order valence-electron chi connectivity index (χ1n) is 5.96. The minimum Gasteiger partial charge on any atom is -0.493 e. The highest BCUT2D eigenvalue weighted by atomic mass is 79.9. The molecule has 1 aromatic rings. The number of rotatable bonds is 7. The van der Waals surface area contributed by atoms with Gasteiger partial charge in [0, 0.05) is 6.54 Å². The Balaban J connectivity index is 2.89. The number of benzene rings is 1. The summed E-state index contributed by atoms with van der Waals surface area (Å²) in [7, 11) is 1.61. The summed E-state index contributed by atoms with van der Waals surface area (Å²) in [6.45, 7) is 5.68. The average Bonchev–Trinajstić information content (AvgIpc) is 2.34. The SMILES string of the molecule is CCNCc1cc(Br)c(OCC(C)O)c(OC)c1. The molecule has 1 rings (SSSR count). The van der Waals surface area contributed by atoms with Gasteiger partial charge in [-0.15, -0.1) is 0 Å². The van der Waals surface area contributed by atoms with Gasteiger partial charge in [-0.25, -0.2) is 0 Å². The summed E-state index contributed by atoms with van der Waals surface area (Å²) >= 11 is 3.47. The van der Waals surface area contributed by atoms with Crippen molar-refractivity contribution in [3.8, 4) is 11.5 Å². The lowest BCUT2D eigenvalue weighted by atomic mass is 10.2. The van der Waals surface area contributed by atoms with Crippen LogP contribution >= 0.6 is 15.9 Å². The lowest BCUT2D eigenvalue weighted by Gasteiger charge is -2.15. The van der Waals surface area contributed by atoms with Crippen molar-refractivity contribution in [3.05, 3.63) is 22.2 Å². The van der Waals surface area contributed by atoms with Crippen molar-refractivity contribution in [3.63, 3.8) is 0 Å². The number of aliphatic hydroxyl groups excluding tert-OH is 1. The van der Waals surface area contributed by atoms with E-state index < -0.39 is 6.10 Å². The zero-order chi connectivity index (χ0) is 13.5. The zero-order valence-electron chi connectivity index (χ0n) is 11.0. The van der Waals surface area contributed by atoms with Crippen molar-refractivity contribution >= 4 is 15.9 Å². The minimum atomic E-state index is -0.511. The van der Waals surface area contributed by atoms with Gasteiger partial charge in [-0.2, -0.15) is 0 Å². The van der Waals surface area contributed by atoms with Crippen LogP contribution in [-0.2, 0) is 6.54 Å². The molecular weight excluding hydrogens is 298 g/mol. The van der Waals surface area contributed by atoms with E-state index in [4.69, 9.17) is 9.47 Å². The molecule has 1 aromatic carbocycles. The molecule has 0 aliphatic carbocycles. The van der Waals surface area contributed by atoms with Crippen molar-refractivity contribution < 1.29 is 14.6 Å². The molecule has 0 aliphatic rings. The van der Waals surface area contributed by atoms with Gasteiger partial charge >= 0.3 is 0 Å². The summed E-state index contributed by atoms with van der Waals surface area (Å²) in [5.74, 6) is 1.29. The first kappa shape index (κ1) is 15.3. The van der Waals surface area contributed by atoms with Gasteiger partial charge in [0.05, 0.1) is 17.7 Å². The van der Waals surface area contributed by atoms with Gasteiger partial charge in [0.2, 0.25) is 0 Å². The summed E-state index contributed by atoms with van der Waals surface area (Å²) in [4.78, 5) is 0. The van der Waals surface area contributed by atoms with E-state index in [9.17, 15) is 5.11 Å². The third-order valence-corrected chi connectivity index (χ3v) is 2.93. The second-order valence-corrected chi connectivity index (χ2v) is 4.90. The molecule has 0 aliphatic heterocycles. The van der Waals surface area contributed by atoms with Gasteiger partial charge in [-0.1, -0.05) is 6.92 Å². The van der Waals surface area contributed by atoms with Crippen LogP contribution in [0.15, 0.2) is 16.6 Å². The fourth-order valence-corrected chi connectivity index (χ4v) is 2.09. The summed E-state index contributed by atoms with van der Waals surface area (Å²) in [6.07, 6.45) is -0.511. The fraction of sp³-hybridized carbons (Fsp3) is 0.538. The van der Waals surface area contributed by atoms with E-state index >= 15 is 0 Å². The Kier molecular flexibility index (Phi) is 6.46. The van der Waals surface area contributed by atoms with Crippen molar-refractivity contribution in [2.75, 3.05) is 20.3 Å². The number of hydrogen-bond donors (Lipinski definition) is 2. The third-order valence-electron chi connectivity index (χ3n) is 2.34. The Morgan fingerprint density at radius 2 is 2.17 bits per heavy atom. The molecule has 5 heteroatoms. The molecule has 0 heterocycles. The van der Waals surface area contributed by atoms with E-state index in [-0.39, 0.29) is 6.61 Å². The van der Waals surface area contributed by atoms with Gasteiger partial charge in [-0.3, -0.25) is 0 Å². The molecule has 1 unspecified atom stereocenters. The van der Waals surface area contributed by atoms with Crippen LogP contribution in [0.2, 0.25) is 0 Å². The number of hydrogen-bond acceptors (Lipinski definition) is 4. The molecule has 0 spiro atoms. The molecular formula is C13H20BrNO3. The molecule has 2 N–H and O–H groups in total. The van der Waals surface area contributed by atoms with Crippen LogP contribution in [0.3, 0.4) is 0 Å². The maximum absolute atomic E-state index is 9.25. The molecule has 0 amide bonds. The summed E-state index contributed by atoms with van der Waals surface area (Å²) in [5.41, 5.74) is 1.12. The highest BCUT2D eigenvalue weighted by molar-refractivity contribution is 9.10. The normalized spacial score (nSPS) is 12.3. The molecule has 0 saturated carbocycles. The van der Waals surface area contributed by atoms with Gasteiger partial charge < -0.3 is 19.9 Å². The quantitative estimate of drug-likeness (QED) is 0.810. The van der Waals surface area contributed by atoms with E-state index in [2.05, 4.69) is 28.2 Å². The predicted octanol–water partition coefficient (Wildman–Crippen LogP) is 2.33. The summed E-state index contributed by atoms with van der Waals surface area (Å²) in [6, 6.07) is 3.92. The molecule has 0 fully saturated rings. The number of halogens is 1. The molecule has 1 atom stereocenters. The second kappa shape index (κ2) is 7.61. The average molecular weight is 318 g/mol. The molecule has 0 radical (unpaired) electrons. The lowest BCUT2D eigenvalue weighted by molar-refractivity contribution is 0.120. The zero-order valence-corrected chi connectivity index (χ0v) is 12.6. The Morgan fingerprint density at radius 1 is 1.44 bits per heavy atom. The minimum absolute atomic E-state index is 0.238. The lowest BCUT2D eigenvalue weighted by Crippen LogP contribution is -2.14. The van der Waals surface area contributed by atoms with Crippen molar-refractivity contribution in [2.24, 2.45) is 0 Å². The van der Waals surface area contributed by atoms with Crippen molar-refractivity contribution in [2.45, 2.75) is 26.5 Å². The number of methoxy groups -OCH3 is 1. The predicted molar refractivity (Wildman–Crippen MR) is 75.3 cm³/mol. The van der Waals surface area contributed by atoms with E-state index in [1.807, 2.05) is 12.1 Å². The van der Waals surface area contributed by atoms with Crippen molar-refractivity contribution in [1.82, 2.24) is 5.32 Å². The maximum atomic E-state index is 9.25. The standard InChI is InChI=1S/C13H20BrNO3/c1-4-15-7-10-5-11(14)13(12(6-10)17-3)18-8-9(2)16/h5-6,9,15-16H,4,7-8H2,1-3H3. The maximum Gasteiger partial charge on any atom is 0.175 e. The molecule has 4 nitrogen and oxygen atoms in total. The fourth-order valence-electron chi connectivity index (χ4n) is 1.49. The van der Waals surface area contributed by atoms with E-state index in [1.54, 1.807) is 14.0 Å². The van der Waals surface area contributed by atoms with Crippen LogP contribution in [0.25, 0.3) is 0 Å². The summed E-state index contributed by atoms with van der Waals surface area (Å²) < 4.78 is 11.7. The van der Waals surface area contributed by atoms with Crippen LogP contribution in [0, 0.1) is 0 Å². The number of ether oxygens (including phenoxy) is 2. The van der Waals surface area contributed by atoms with Crippen LogP contribution in [0.5, 0.6) is 11.5 Å². The Morgan fingerprint density at radius 3 is 2.72 bits per heavy atom. The van der Waals surface area contributed by atoms with E-state index in [0.717, 1.165) is 23.1 Å². The van der Waals surface area contributed by atoms with Crippen LogP contribution in [0.4, 0.5) is 0 Å². The molecule has 18 heavy (non-hydrogen) atoms. The van der Waals surface area contributed by atoms with E-state index in [0.29, 0.717) is 11.5 Å². The molecule has 102 valence electrons. The largest absolute Gasteiger partial charge is 0.493 e. The summed E-state index contributed by atoms with van der Waals surface area (Å²) in [5, 5.41) is 12.5. The van der Waals surface area contributed by atoms with E-state index in [1.165, 1.54) is 0 Å². The molecule has 0 bridgehead atoms.